The Kier molecular flexibility index (Phi) is 2.55. The lowest BCUT2D eigenvalue weighted by Gasteiger charge is -1.97. The number of nitrogens with zero attached hydrogens (tertiary/aromatic N) is 1. The molecule has 6 heteroatoms. The molecule has 16 heavy (non-hydrogen) atoms. The number of hydrogen-bond acceptors (Lipinski definition) is 3. The second kappa shape index (κ2) is 4.01. The van der Waals surface area contributed by atoms with Crippen LogP contribution in [0.5, 0.6) is 0 Å². The van der Waals surface area contributed by atoms with E-state index in [2.05, 4.69) is 10.2 Å². The first kappa shape index (κ1) is 10.2. The van der Waals surface area contributed by atoms with Gasteiger partial charge < -0.3 is 5.10 Å². The van der Waals surface area contributed by atoms with Gasteiger partial charge >= 0.3 is 0 Å². The molecule has 2 aromatic rings. The van der Waals surface area contributed by atoms with Crippen LogP contribution in [-0.2, 0) is 6.42 Å². The van der Waals surface area contributed by atoms with Gasteiger partial charge in [0.05, 0.1) is 4.92 Å². The van der Waals surface area contributed by atoms with Crippen molar-refractivity contribution in [3.05, 3.63) is 62.1 Å². The van der Waals surface area contributed by atoms with Crippen molar-refractivity contribution in [1.29, 1.82) is 0 Å². The van der Waals surface area contributed by atoms with Crippen molar-refractivity contribution in [3.8, 4) is 0 Å². The molecule has 6 nitrogen and oxygen atoms in total. The zero-order valence-corrected chi connectivity index (χ0v) is 8.27. The maximum absolute atomic E-state index is 11.2. The Morgan fingerprint density at radius 3 is 2.44 bits per heavy atom. The van der Waals surface area contributed by atoms with E-state index >= 15 is 0 Å². The Labute approximate surface area is 90.1 Å². The van der Waals surface area contributed by atoms with E-state index in [0.717, 1.165) is 5.56 Å². The summed E-state index contributed by atoms with van der Waals surface area (Å²) < 4.78 is 0. The van der Waals surface area contributed by atoms with Gasteiger partial charge in [-0.2, -0.15) is 0 Å². The molecule has 1 heterocycles. The van der Waals surface area contributed by atoms with E-state index in [1.807, 2.05) is 0 Å². The number of aromatic nitrogens is 2. The van der Waals surface area contributed by atoms with Gasteiger partial charge in [0.2, 0.25) is 0 Å². The summed E-state index contributed by atoms with van der Waals surface area (Å²) in [6.07, 6.45) is 2.04. The summed E-state index contributed by atoms with van der Waals surface area (Å²) in [5.41, 5.74) is 1.34. The molecule has 0 fully saturated rings. The fraction of sp³-hybridized carbons (Fsp3) is 0.100. The Balaban J connectivity index is 2.20. The number of hydrogen-bond donors (Lipinski definition) is 2. The van der Waals surface area contributed by atoms with Crippen LogP contribution in [0.1, 0.15) is 11.1 Å². The molecular formula is C10H9N3O3. The molecule has 0 bridgehead atoms. The monoisotopic (exact) mass is 219 g/mol. The summed E-state index contributed by atoms with van der Waals surface area (Å²) >= 11 is 0. The first-order valence-electron chi connectivity index (χ1n) is 4.65. The zero-order valence-electron chi connectivity index (χ0n) is 8.27. The second-order valence-corrected chi connectivity index (χ2v) is 3.37. The molecule has 0 saturated carbocycles. The average molecular weight is 219 g/mol. The third kappa shape index (κ3) is 2.00. The Morgan fingerprint density at radius 2 is 1.94 bits per heavy atom. The van der Waals surface area contributed by atoms with E-state index in [9.17, 15) is 14.9 Å². The summed E-state index contributed by atoms with van der Waals surface area (Å²) in [4.78, 5) is 21.2. The molecule has 0 amide bonds. The molecule has 0 radical (unpaired) electrons. The van der Waals surface area contributed by atoms with Gasteiger partial charge in [-0.05, 0) is 5.56 Å². The fourth-order valence-electron chi connectivity index (χ4n) is 1.42. The largest absolute Gasteiger partial charge is 0.305 e. The summed E-state index contributed by atoms with van der Waals surface area (Å²) in [6.45, 7) is 0. The van der Waals surface area contributed by atoms with Crippen molar-refractivity contribution in [1.82, 2.24) is 10.2 Å². The Bertz CT molecular complexity index is 553. The minimum Gasteiger partial charge on any atom is -0.305 e. The van der Waals surface area contributed by atoms with Crippen LogP contribution >= 0.6 is 0 Å². The predicted molar refractivity (Wildman–Crippen MR) is 57.3 cm³/mol. The number of rotatable bonds is 3. The maximum atomic E-state index is 11.2. The number of aromatic amines is 2. The molecule has 82 valence electrons. The van der Waals surface area contributed by atoms with Crippen LogP contribution in [0.15, 0.2) is 35.3 Å². The number of nitro groups is 1. The van der Waals surface area contributed by atoms with Gasteiger partial charge in [0.1, 0.15) is 0 Å². The highest BCUT2D eigenvalue weighted by Crippen LogP contribution is 2.13. The first-order chi connectivity index (χ1) is 7.66. The van der Waals surface area contributed by atoms with Gasteiger partial charge in [0.25, 0.3) is 11.2 Å². The molecule has 0 aliphatic rings. The topological polar surface area (TPSA) is 91.8 Å². The van der Waals surface area contributed by atoms with Gasteiger partial charge in [-0.3, -0.25) is 20.0 Å². The van der Waals surface area contributed by atoms with Crippen molar-refractivity contribution in [2.24, 2.45) is 0 Å². The molecule has 2 rings (SSSR count). The van der Waals surface area contributed by atoms with E-state index in [1.54, 1.807) is 18.3 Å². The highest BCUT2D eigenvalue weighted by molar-refractivity contribution is 5.34. The third-order valence-electron chi connectivity index (χ3n) is 2.27. The van der Waals surface area contributed by atoms with E-state index in [0.29, 0.717) is 12.0 Å². The van der Waals surface area contributed by atoms with Crippen molar-refractivity contribution in [2.45, 2.75) is 6.42 Å². The smallest absolute Gasteiger partial charge is 0.269 e. The minimum absolute atomic E-state index is 0.0479. The number of benzene rings is 1. The SMILES string of the molecule is O=c1[nH][nH]cc1Cc1ccc([N+](=O)[O-])cc1. The quantitative estimate of drug-likeness (QED) is 0.600. The normalized spacial score (nSPS) is 10.2. The number of non-ortho nitro benzene ring substituents is 1. The van der Waals surface area contributed by atoms with Crippen LogP contribution in [0.25, 0.3) is 0 Å². The molecular weight excluding hydrogens is 210 g/mol. The molecule has 1 aromatic heterocycles. The van der Waals surface area contributed by atoms with E-state index < -0.39 is 4.92 Å². The summed E-state index contributed by atoms with van der Waals surface area (Å²) in [6, 6.07) is 6.14. The van der Waals surface area contributed by atoms with Crippen LogP contribution in [0.4, 0.5) is 5.69 Å². The van der Waals surface area contributed by atoms with Crippen molar-refractivity contribution in [2.75, 3.05) is 0 Å². The van der Waals surface area contributed by atoms with Crippen molar-refractivity contribution < 1.29 is 4.92 Å². The van der Waals surface area contributed by atoms with Gasteiger partial charge in [-0.1, -0.05) is 12.1 Å². The van der Waals surface area contributed by atoms with Crippen molar-refractivity contribution >= 4 is 5.69 Å². The van der Waals surface area contributed by atoms with Crippen LogP contribution in [0, 0.1) is 10.1 Å². The summed E-state index contributed by atoms with van der Waals surface area (Å²) in [7, 11) is 0. The lowest BCUT2D eigenvalue weighted by Crippen LogP contribution is -2.05. The highest BCUT2D eigenvalue weighted by atomic mass is 16.6. The third-order valence-corrected chi connectivity index (χ3v) is 2.27. The molecule has 0 aliphatic heterocycles. The second-order valence-electron chi connectivity index (χ2n) is 3.37. The maximum Gasteiger partial charge on any atom is 0.269 e. The molecule has 0 aliphatic carbocycles. The van der Waals surface area contributed by atoms with Crippen LogP contribution in [0.2, 0.25) is 0 Å². The number of nitrogens with one attached hydrogen (secondary N) is 2. The zero-order chi connectivity index (χ0) is 11.5. The lowest BCUT2D eigenvalue weighted by molar-refractivity contribution is -0.384. The van der Waals surface area contributed by atoms with Gasteiger partial charge in [-0.25, -0.2) is 0 Å². The number of nitro benzene ring substituents is 1. The molecule has 0 saturated heterocycles. The van der Waals surface area contributed by atoms with E-state index in [4.69, 9.17) is 0 Å². The van der Waals surface area contributed by atoms with Crippen LogP contribution in [-0.4, -0.2) is 15.1 Å². The van der Waals surface area contributed by atoms with E-state index in [-0.39, 0.29) is 11.2 Å². The van der Waals surface area contributed by atoms with Gasteiger partial charge in [0, 0.05) is 30.3 Å². The van der Waals surface area contributed by atoms with Crippen molar-refractivity contribution in [3.63, 3.8) is 0 Å². The molecule has 1 aromatic carbocycles. The van der Waals surface area contributed by atoms with Gasteiger partial charge in [0.15, 0.2) is 0 Å². The molecule has 2 N–H and O–H groups in total. The summed E-state index contributed by atoms with van der Waals surface area (Å²) in [5.74, 6) is 0. The molecule has 0 atom stereocenters. The fourth-order valence-corrected chi connectivity index (χ4v) is 1.42. The minimum atomic E-state index is -0.452. The predicted octanol–water partition coefficient (Wildman–Crippen LogP) is 1.20. The Morgan fingerprint density at radius 1 is 1.25 bits per heavy atom. The highest BCUT2D eigenvalue weighted by Gasteiger charge is 2.06. The standard InChI is InChI=1S/C10H9N3O3/c14-10-8(6-11-12-10)5-7-1-3-9(4-2-7)13(15)16/h1-4,6H,5H2,(H2,11,12,14). The molecule has 0 unspecified atom stereocenters. The lowest BCUT2D eigenvalue weighted by atomic mass is 10.1. The average Bonchev–Trinajstić information content (AvgIpc) is 2.65. The van der Waals surface area contributed by atoms with E-state index in [1.165, 1.54) is 12.1 Å². The summed E-state index contributed by atoms with van der Waals surface area (Å²) in [5, 5.41) is 15.5. The van der Waals surface area contributed by atoms with Gasteiger partial charge in [-0.15, -0.1) is 0 Å². The molecule has 0 spiro atoms. The Hall–Kier alpha value is -2.37. The first-order valence-corrected chi connectivity index (χ1v) is 4.65. The number of H-pyrrole nitrogens is 2. The van der Waals surface area contributed by atoms with Crippen LogP contribution < -0.4 is 5.56 Å². The van der Waals surface area contributed by atoms with Crippen LogP contribution in [0.3, 0.4) is 0 Å².